The second-order valence-corrected chi connectivity index (χ2v) is 5.97. The van der Waals surface area contributed by atoms with Crippen LogP contribution in [0.15, 0.2) is 24.3 Å². The number of benzene rings is 1. The third kappa shape index (κ3) is 4.38. The number of carbonyl (C=O) groups is 1. The first-order valence-corrected chi connectivity index (χ1v) is 7.81. The standard InChI is InChI=1S/C17H26N2O2/c1-12-6-4-5-7-16(12)19-17(20)13(2)18-14-8-10-15(21-3)11-9-14/h8-13,16,18H,4-7H2,1-3H3,(H,19,20)/t12-,13+,16+/m0/s1. The van der Waals surface area contributed by atoms with E-state index in [1.54, 1.807) is 7.11 Å². The van der Waals surface area contributed by atoms with Crippen LogP contribution in [0.25, 0.3) is 0 Å². The highest BCUT2D eigenvalue weighted by molar-refractivity contribution is 5.84. The Balaban J connectivity index is 1.86. The van der Waals surface area contributed by atoms with Crippen molar-refractivity contribution in [2.45, 2.75) is 51.6 Å². The van der Waals surface area contributed by atoms with Crippen molar-refractivity contribution in [1.82, 2.24) is 5.32 Å². The molecule has 1 saturated carbocycles. The molecule has 116 valence electrons. The van der Waals surface area contributed by atoms with Gasteiger partial charge in [0.15, 0.2) is 0 Å². The number of ether oxygens (including phenoxy) is 1. The summed E-state index contributed by atoms with van der Waals surface area (Å²) < 4.78 is 5.13. The van der Waals surface area contributed by atoms with Crippen LogP contribution in [0.2, 0.25) is 0 Å². The van der Waals surface area contributed by atoms with Gasteiger partial charge in [0.1, 0.15) is 11.8 Å². The first-order chi connectivity index (χ1) is 10.1. The molecule has 1 aliphatic rings. The van der Waals surface area contributed by atoms with Crippen LogP contribution in [0, 0.1) is 5.92 Å². The number of carbonyl (C=O) groups excluding carboxylic acids is 1. The molecular weight excluding hydrogens is 264 g/mol. The van der Waals surface area contributed by atoms with Gasteiger partial charge in [0.25, 0.3) is 0 Å². The molecule has 3 atom stereocenters. The monoisotopic (exact) mass is 290 g/mol. The fourth-order valence-corrected chi connectivity index (χ4v) is 2.84. The SMILES string of the molecule is COc1ccc(N[C@H](C)C(=O)N[C@@H]2CCCC[C@@H]2C)cc1. The van der Waals surface area contributed by atoms with Gasteiger partial charge >= 0.3 is 0 Å². The first-order valence-electron chi connectivity index (χ1n) is 7.81. The quantitative estimate of drug-likeness (QED) is 0.875. The Bertz CT molecular complexity index is 458. The van der Waals surface area contributed by atoms with Gasteiger partial charge in [0.2, 0.25) is 5.91 Å². The molecule has 0 radical (unpaired) electrons. The summed E-state index contributed by atoms with van der Waals surface area (Å²) in [6, 6.07) is 7.70. The molecule has 1 amide bonds. The summed E-state index contributed by atoms with van der Waals surface area (Å²) in [5.74, 6) is 1.47. The highest BCUT2D eigenvalue weighted by Gasteiger charge is 2.24. The molecule has 4 nitrogen and oxygen atoms in total. The summed E-state index contributed by atoms with van der Waals surface area (Å²) in [6.45, 7) is 4.12. The Kier molecular flexibility index (Phi) is 5.48. The average Bonchev–Trinajstić information content (AvgIpc) is 2.50. The number of amides is 1. The molecule has 1 aromatic rings. The van der Waals surface area contributed by atoms with Gasteiger partial charge in [0.05, 0.1) is 7.11 Å². The lowest BCUT2D eigenvalue weighted by Crippen LogP contribution is -2.46. The second kappa shape index (κ2) is 7.34. The van der Waals surface area contributed by atoms with Crippen molar-refractivity contribution in [3.8, 4) is 5.75 Å². The zero-order valence-electron chi connectivity index (χ0n) is 13.2. The molecule has 1 fully saturated rings. The van der Waals surface area contributed by atoms with Crippen LogP contribution >= 0.6 is 0 Å². The van der Waals surface area contributed by atoms with E-state index in [9.17, 15) is 4.79 Å². The van der Waals surface area contributed by atoms with Crippen molar-refractivity contribution in [2.75, 3.05) is 12.4 Å². The number of hydrogen-bond acceptors (Lipinski definition) is 3. The lowest BCUT2D eigenvalue weighted by Gasteiger charge is -2.30. The van der Waals surface area contributed by atoms with Crippen LogP contribution in [-0.4, -0.2) is 25.1 Å². The van der Waals surface area contributed by atoms with E-state index >= 15 is 0 Å². The predicted molar refractivity (Wildman–Crippen MR) is 85.6 cm³/mol. The summed E-state index contributed by atoms with van der Waals surface area (Å²) in [4.78, 5) is 12.3. The molecule has 2 rings (SSSR count). The van der Waals surface area contributed by atoms with E-state index in [0.29, 0.717) is 12.0 Å². The van der Waals surface area contributed by atoms with Gasteiger partial charge in [-0.1, -0.05) is 19.8 Å². The van der Waals surface area contributed by atoms with Crippen molar-refractivity contribution in [3.63, 3.8) is 0 Å². The maximum Gasteiger partial charge on any atom is 0.242 e. The van der Waals surface area contributed by atoms with Gasteiger partial charge in [-0.05, 0) is 49.9 Å². The minimum Gasteiger partial charge on any atom is -0.497 e. The summed E-state index contributed by atoms with van der Waals surface area (Å²) >= 11 is 0. The predicted octanol–water partition coefficient (Wildman–Crippen LogP) is 3.19. The zero-order chi connectivity index (χ0) is 15.2. The van der Waals surface area contributed by atoms with Crippen molar-refractivity contribution >= 4 is 11.6 Å². The number of methoxy groups -OCH3 is 1. The topological polar surface area (TPSA) is 50.4 Å². The minimum atomic E-state index is -0.243. The number of anilines is 1. The fourth-order valence-electron chi connectivity index (χ4n) is 2.84. The van der Waals surface area contributed by atoms with Crippen molar-refractivity contribution in [2.24, 2.45) is 5.92 Å². The van der Waals surface area contributed by atoms with E-state index in [1.807, 2.05) is 31.2 Å². The molecule has 0 aliphatic heterocycles. The number of nitrogens with one attached hydrogen (secondary N) is 2. The van der Waals surface area contributed by atoms with Crippen LogP contribution < -0.4 is 15.4 Å². The summed E-state index contributed by atoms with van der Waals surface area (Å²) in [5, 5.41) is 6.41. The Morgan fingerprint density at radius 2 is 1.90 bits per heavy atom. The molecule has 1 aliphatic carbocycles. The normalized spacial score (nSPS) is 23.2. The molecule has 0 bridgehead atoms. The molecule has 0 aromatic heterocycles. The summed E-state index contributed by atoms with van der Waals surface area (Å²) in [5.41, 5.74) is 0.926. The highest BCUT2D eigenvalue weighted by atomic mass is 16.5. The van der Waals surface area contributed by atoms with E-state index in [0.717, 1.165) is 17.9 Å². The smallest absolute Gasteiger partial charge is 0.242 e. The van der Waals surface area contributed by atoms with Crippen LogP contribution in [0.5, 0.6) is 5.75 Å². The third-order valence-electron chi connectivity index (χ3n) is 4.31. The van der Waals surface area contributed by atoms with Crippen molar-refractivity contribution in [1.29, 1.82) is 0 Å². The Morgan fingerprint density at radius 3 is 2.52 bits per heavy atom. The van der Waals surface area contributed by atoms with Gasteiger partial charge < -0.3 is 15.4 Å². The van der Waals surface area contributed by atoms with Crippen LogP contribution in [0.3, 0.4) is 0 Å². The molecule has 0 saturated heterocycles. The van der Waals surface area contributed by atoms with E-state index in [2.05, 4.69) is 17.6 Å². The maximum absolute atomic E-state index is 12.3. The zero-order valence-corrected chi connectivity index (χ0v) is 13.2. The van der Waals surface area contributed by atoms with Crippen LogP contribution in [0.1, 0.15) is 39.5 Å². The van der Waals surface area contributed by atoms with Gasteiger partial charge in [0, 0.05) is 11.7 Å². The molecular formula is C17H26N2O2. The molecule has 0 spiro atoms. The van der Waals surface area contributed by atoms with E-state index < -0.39 is 0 Å². The largest absolute Gasteiger partial charge is 0.497 e. The van der Waals surface area contributed by atoms with Crippen LogP contribution in [0.4, 0.5) is 5.69 Å². The number of hydrogen-bond donors (Lipinski definition) is 2. The van der Waals surface area contributed by atoms with Gasteiger partial charge in [-0.3, -0.25) is 4.79 Å². The van der Waals surface area contributed by atoms with Crippen LogP contribution in [-0.2, 0) is 4.79 Å². The summed E-state index contributed by atoms with van der Waals surface area (Å²) in [6.07, 6.45) is 4.82. The van der Waals surface area contributed by atoms with E-state index in [-0.39, 0.29) is 11.9 Å². The van der Waals surface area contributed by atoms with Gasteiger partial charge in [-0.25, -0.2) is 0 Å². The highest BCUT2D eigenvalue weighted by Crippen LogP contribution is 2.24. The third-order valence-corrected chi connectivity index (χ3v) is 4.31. The molecule has 2 N–H and O–H groups in total. The Labute approximate surface area is 127 Å². The van der Waals surface area contributed by atoms with Gasteiger partial charge in [-0.15, -0.1) is 0 Å². The Hall–Kier alpha value is -1.71. The Morgan fingerprint density at radius 1 is 1.24 bits per heavy atom. The molecule has 1 aromatic carbocycles. The summed E-state index contributed by atoms with van der Waals surface area (Å²) in [7, 11) is 1.64. The molecule has 0 unspecified atom stereocenters. The molecule has 0 heterocycles. The maximum atomic E-state index is 12.3. The minimum absolute atomic E-state index is 0.0737. The van der Waals surface area contributed by atoms with E-state index in [4.69, 9.17) is 4.74 Å². The average molecular weight is 290 g/mol. The van der Waals surface area contributed by atoms with Crippen molar-refractivity contribution < 1.29 is 9.53 Å². The molecule has 21 heavy (non-hydrogen) atoms. The van der Waals surface area contributed by atoms with Crippen molar-refractivity contribution in [3.05, 3.63) is 24.3 Å². The first kappa shape index (κ1) is 15.7. The number of rotatable bonds is 5. The molecule has 4 heteroatoms. The lowest BCUT2D eigenvalue weighted by atomic mass is 9.86. The lowest BCUT2D eigenvalue weighted by molar-refractivity contribution is -0.122. The second-order valence-electron chi connectivity index (χ2n) is 5.97. The van der Waals surface area contributed by atoms with Gasteiger partial charge in [-0.2, -0.15) is 0 Å². The van der Waals surface area contributed by atoms with E-state index in [1.165, 1.54) is 19.3 Å². The fraction of sp³-hybridized carbons (Fsp3) is 0.588.